The molecule has 3 aromatic rings. The van der Waals surface area contributed by atoms with Gasteiger partial charge in [-0.1, -0.05) is 46.6 Å². The summed E-state index contributed by atoms with van der Waals surface area (Å²) in [5, 5.41) is 4.27. The molecule has 2 aromatic carbocycles. The van der Waals surface area contributed by atoms with Crippen LogP contribution in [0.2, 0.25) is 5.02 Å². The first kappa shape index (κ1) is 17.7. The van der Waals surface area contributed by atoms with Crippen molar-refractivity contribution in [2.45, 2.75) is 25.8 Å². The van der Waals surface area contributed by atoms with E-state index in [2.05, 4.69) is 10.1 Å². The van der Waals surface area contributed by atoms with E-state index in [0.717, 1.165) is 23.6 Å². The first-order valence-corrected chi connectivity index (χ1v) is 9.07. The number of carbonyl (C=O) groups is 1. The van der Waals surface area contributed by atoms with Crippen molar-refractivity contribution in [3.8, 4) is 11.4 Å². The molecule has 1 aromatic heterocycles. The van der Waals surface area contributed by atoms with E-state index in [9.17, 15) is 9.18 Å². The zero-order valence-corrected chi connectivity index (χ0v) is 15.4. The van der Waals surface area contributed by atoms with Crippen LogP contribution in [0.15, 0.2) is 47.0 Å². The smallest absolute Gasteiger partial charge is 0.256 e. The number of halogens is 2. The molecule has 0 saturated carbocycles. The van der Waals surface area contributed by atoms with E-state index >= 15 is 0 Å². The molecule has 2 heterocycles. The van der Waals surface area contributed by atoms with Gasteiger partial charge in [-0.15, -0.1) is 0 Å². The molecule has 0 N–H and O–H groups in total. The summed E-state index contributed by atoms with van der Waals surface area (Å²) in [4.78, 5) is 19.0. The van der Waals surface area contributed by atoms with E-state index in [0.29, 0.717) is 24.7 Å². The van der Waals surface area contributed by atoms with Gasteiger partial charge in [-0.3, -0.25) is 4.79 Å². The van der Waals surface area contributed by atoms with E-state index in [4.69, 9.17) is 16.1 Å². The number of hydrogen-bond acceptors (Lipinski definition) is 4. The maximum atomic E-state index is 13.6. The molecule has 1 amide bonds. The summed E-state index contributed by atoms with van der Waals surface area (Å²) in [6, 6.07) is 11.2. The summed E-state index contributed by atoms with van der Waals surface area (Å²) in [5.74, 6) is 0.0204. The maximum Gasteiger partial charge on any atom is 0.256 e. The Labute approximate surface area is 160 Å². The van der Waals surface area contributed by atoms with Gasteiger partial charge in [0.2, 0.25) is 11.7 Å². The van der Waals surface area contributed by atoms with Gasteiger partial charge in [0.05, 0.1) is 10.6 Å². The second-order valence-corrected chi connectivity index (χ2v) is 7.01. The quantitative estimate of drug-likeness (QED) is 0.648. The van der Waals surface area contributed by atoms with Gasteiger partial charge in [0.15, 0.2) is 0 Å². The monoisotopic (exact) mass is 385 g/mol. The van der Waals surface area contributed by atoms with Gasteiger partial charge >= 0.3 is 0 Å². The Morgan fingerprint density at radius 3 is 2.81 bits per heavy atom. The fraction of sp³-hybridized carbons (Fsp3) is 0.250. The SMILES string of the molecule is Cc1ccc(-c2noc(C3CCCN3C(=O)c3cc(F)ccc3Cl)n2)cc1. The van der Waals surface area contributed by atoms with Gasteiger partial charge in [-0.25, -0.2) is 4.39 Å². The number of aryl methyl sites for hydroxylation is 1. The molecule has 1 aliphatic heterocycles. The van der Waals surface area contributed by atoms with Gasteiger partial charge in [0.25, 0.3) is 5.91 Å². The molecular formula is C20H17ClFN3O2. The van der Waals surface area contributed by atoms with E-state index in [1.807, 2.05) is 31.2 Å². The molecule has 1 unspecified atom stereocenters. The second-order valence-electron chi connectivity index (χ2n) is 6.60. The first-order valence-electron chi connectivity index (χ1n) is 8.69. The average Bonchev–Trinajstić information content (AvgIpc) is 3.32. The predicted molar refractivity (Wildman–Crippen MR) is 98.9 cm³/mol. The topological polar surface area (TPSA) is 59.2 Å². The molecule has 0 radical (unpaired) electrons. The highest BCUT2D eigenvalue weighted by atomic mass is 35.5. The molecule has 138 valence electrons. The minimum atomic E-state index is -0.502. The number of carbonyl (C=O) groups excluding carboxylic acids is 1. The van der Waals surface area contributed by atoms with Gasteiger partial charge in [-0.2, -0.15) is 4.98 Å². The van der Waals surface area contributed by atoms with Crippen molar-refractivity contribution in [3.63, 3.8) is 0 Å². The lowest BCUT2D eigenvalue weighted by molar-refractivity contribution is 0.0710. The van der Waals surface area contributed by atoms with Gasteiger partial charge < -0.3 is 9.42 Å². The number of nitrogens with zero attached hydrogens (tertiary/aromatic N) is 3. The van der Waals surface area contributed by atoms with Crippen molar-refractivity contribution in [1.82, 2.24) is 15.0 Å². The highest BCUT2D eigenvalue weighted by Gasteiger charge is 2.35. The first-order chi connectivity index (χ1) is 13.0. The Bertz CT molecular complexity index is 987. The zero-order chi connectivity index (χ0) is 19.0. The molecule has 27 heavy (non-hydrogen) atoms. The number of likely N-dealkylation sites (tertiary alicyclic amines) is 1. The molecule has 1 atom stereocenters. The Morgan fingerprint density at radius 1 is 1.26 bits per heavy atom. The van der Waals surface area contributed by atoms with E-state index < -0.39 is 5.82 Å². The van der Waals surface area contributed by atoms with Crippen LogP contribution in [-0.2, 0) is 0 Å². The molecule has 5 nitrogen and oxygen atoms in total. The van der Waals surface area contributed by atoms with Crippen LogP contribution < -0.4 is 0 Å². The molecule has 0 aliphatic carbocycles. The number of amides is 1. The Hall–Kier alpha value is -2.73. The molecule has 1 fully saturated rings. The van der Waals surface area contributed by atoms with Crippen LogP contribution in [0, 0.1) is 12.7 Å². The van der Waals surface area contributed by atoms with Crippen LogP contribution in [0.4, 0.5) is 4.39 Å². The molecule has 0 bridgehead atoms. The number of hydrogen-bond donors (Lipinski definition) is 0. The van der Waals surface area contributed by atoms with Crippen LogP contribution in [0.5, 0.6) is 0 Å². The minimum absolute atomic E-state index is 0.141. The van der Waals surface area contributed by atoms with E-state index in [1.165, 1.54) is 12.1 Å². The number of rotatable bonds is 3. The van der Waals surface area contributed by atoms with Crippen LogP contribution >= 0.6 is 11.6 Å². The molecule has 4 rings (SSSR count). The third-order valence-corrected chi connectivity index (χ3v) is 5.04. The van der Waals surface area contributed by atoms with Crippen LogP contribution in [0.1, 0.15) is 40.7 Å². The summed E-state index contributed by atoms with van der Waals surface area (Å²) in [7, 11) is 0. The van der Waals surface area contributed by atoms with Crippen molar-refractivity contribution in [1.29, 1.82) is 0 Å². The largest absolute Gasteiger partial charge is 0.337 e. The second kappa shape index (κ2) is 7.12. The van der Waals surface area contributed by atoms with Crippen molar-refractivity contribution < 1.29 is 13.7 Å². The average molecular weight is 386 g/mol. The fourth-order valence-corrected chi connectivity index (χ4v) is 3.47. The van der Waals surface area contributed by atoms with Gasteiger partial charge in [0, 0.05) is 12.1 Å². The highest BCUT2D eigenvalue weighted by molar-refractivity contribution is 6.33. The maximum absolute atomic E-state index is 13.6. The van der Waals surface area contributed by atoms with Gasteiger partial charge in [0.1, 0.15) is 11.9 Å². The molecule has 7 heteroatoms. The molecule has 1 saturated heterocycles. The third kappa shape index (κ3) is 3.45. The molecule has 1 aliphatic rings. The lowest BCUT2D eigenvalue weighted by Gasteiger charge is -2.22. The van der Waals surface area contributed by atoms with E-state index in [1.54, 1.807) is 4.90 Å². The van der Waals surface area contributed by atoms with E-state index in [-0.39, 0.29) is 22.5 Å². The van der Waals surface area contributed by atoms with Crippen LogP contribution in [0.3, 0.4) is 0 Å². The number of benzene rings is 2. The summed E-state index contributed by atoms with van der Waals surface area (Å²) < 4.78 is 19.0. The molecular weight excluding hydrogens is 369 g/mol. The Kier molecular flexibility index (Phi) is 4.66. The summed E-state index contributed by atoms with van der Waals surface area (Å²) in [6.07, 6.45) is 1.50. The van der Waals surface area contributed by atoms with Crippen molar-refractivity contribution in [2.75, 3.05) is 6.54 Å². The van der Waals surface area contributed by atoms with Gasteiger partial charge in [-0.05, 0) is 38.0 Å². The fourth-order valence-electron chi connectivity index (χ4n) is 3.27. The van der Waals surface area contributed by atoms with Crippen molar-refractivity contribution in [3.05, 3.63) is 70.3 Å². The van der Waals surface area contributed by atoms with Crippen molar-refractivity contribution >= 4 is 17.5 Å². The normalized spacial score (nSPS) is 16.7. The summed E-state index contributed by atoms with van der Waals surface area (Å²) in [6.45, 7) is 2.53. The predicted octanol–water partition coefficient (Wildman–Crippen LogP) is 4.81. The Balaban J connectivity index is 1.61. The lowest BCUT2D eigenvalue weighted by Crippen LogP contribution is -2.31. The summed E-state index contributed by atoms with van der Waals surface area (Å²) >= 11 is 6.09. The lowest BCUT2D eigenvalue weighted by atomic mass is 10.1. The van der Waals surface area contributed by atoms with Crippen LogP contribution in [0.25, 0.3) is 11.4 Å². The summed E-state index contributed by atoms with van der Waals surface area (Å²) in [5.41, 5.74) is 2.13. The third-order valence-electron chi connectivity index (χ3n) is 4.71. The minimum Gasteiger partial charge on any atom is -0.337 e. The Morgan fingerprint density at radius 2 is 2.04 bits per heavy atom. The standard InChI is InChI=1S/C20H17ClFN3O2/c1-12-4-6-13(7-5-12)18-23-19(27-24-18)17-3-2-10-25(17)20(26)15-11-14(22)8-9-16(15)21/h4-9,11,17H,2-3,10H2,1H3. The molecule has 0 spiro atoms. The van der Waals surface area contributed by atoms with Crippen LogP contribution in [-0.4, -0.2) is 27.5 Å². The number of aromatic nitrogens is 2. The highest BCUT2D eigenvalue weighted by Crippen LogP contribution is 2.34. The zero-order valence-electron chi connectivity index (χ0n) is 14.7. The van der Waals surface area contributed by atoms with Crippen molar-refractivity contribution in [2.24, 2.45) is 0 Å².